The first-order valence-corrected chi connectivity index (χ1v) is 10.3. The lowest BCUT2D eigenvalue weighted by molar-refractivity contribution is -0.138. The van der Waals surface area contributed by atoms with E-state index in [2.05, 4.69) is 12.2 Å². The van der Waals surface area contributed by atoms with Gasteiger partial charge in [0.2, 0.25) is 0 Å². The Morgan fingerprint density at radius 3 is 2.30 bits per heavy atom. The standard InChI is InChI=1S/C23H31N3O4/c1-3-5-6-7-12-30-20-14-17(13-19(15-20)29-4-2)21(23(27)28)26-18-10-8-16(9-11-18)22(24)25/h8-11,13-15,21,26H,3-7,12H2,1-2H3,(H3,24,25)(H,27,28). The minimum atomic E-state index is -1.02. The lowest BCUT2D eigenvalue weighted by Crippen LogP contribution is -2.21. The summed E-state index contributed by atoms with van der Waals surface area (Å²) in [4.78, 5) is 12.0. The molecule has 0 heterocycles. The van der Waals surface area contributed by atoms with Crippen LogP contribution in [0.25, 0.3) is 0 Å². The Kier molecular flexibility index (Phi) is 9.00. The first-order valence-electron chi connectivity index (χ1n) is 10.3. The van der Waals surface area contributed by atoms with Crippen molar-refractivity contribution >= 4 is 17.5 Å². The van der Waals surface area contributed by atoms with Crippen LogP contribution in [0, 0.1) is 5.41 Å². The monoisotopic (exact) mass is 413 g/mol. The zero-order valence-electron chi connectivity index (χ0n) is 17.6. The number of carbonyl (C=O) groups is 1. The number of nitrogen functional groups attached to an aromatic ring is 1. The average Bonchev–Trinajstić information content (AvgIpc) is 2.72. The fraction of sp³-hybridized carbons (Fsp3) is 0.391. The van der Waals surface area contributed by atoms with Crippen molar-refractivity contribution in [1.82, 2.24) is 0 Å². The van der Waals surface area contributed by atoms with Gasteiger partial charge in [-0.1, -0.05) is 26.2 Å². The molecule has 0 saturated heterocycles. The number of rotatable bonds is 13. The van der Waals surface area contributed by atoms with Gasteiger partial charge < -0.3 is 25.6 Å². The topological polar surface area (TPSA) is 118 Å². The van der Waals surface area contributed by atoms with Crippen molar-refractivity contribution in [3.05, 3.63) is 53.6 Å². The zero-order valence-corrected chi connectivity index (χ0v) is 17.6. The summed E-state index contributed by atoms with van der Waals surface area (Å²) in [6.45, 7) is 5.08. The van der Waals surface area contributed by atoms with Gasteiger partial charge in [-0.15, -0.1) is 0 Å². The van der Waals surface area contributed by atoms with E-state index in [9.17, 15) is 9.90 Å². The van der Waals surface area contributed by atoms with Crippen molar-refractivity contribution in [2.24, 2.45) is 5.73 Å². The van der Waals surface area contributed by atoms with Gasteiger partial charge in [0, 0.05) is 17.3 Å². The first kappa shape index (κ1) is 23.1. The molecule has 0 bridgehead atoms. The Bertz CT molecular complexity index is 837. The molecular weight excluding hydrogens is 382 g/mol. The average molecular weight is 414 g/mol. The molecule has 7 heteroatoms. The van der Waals surface area contributed by atoms with Gasteiger partial charge in [0.25, 0.3) is 0 Å². The van der Waals surface area contributed by atoms with E-state index in [0.29, 0.717) is 41.5 Å². The van der Waals surface area contributed by atoms with Crippen molar-refractivity contribution < 1.29 is 19.4 Å². The van der Waals surface area contributed by atoms with Gasteiger partial charge in [-0.05, 0) is 55.3 Å². The molecule has 0 aliphatic heterocycles. The van der Waals surface area contributed by atoms with Crippen molar-refractivity contribution in [3.63, 3.8) is 0 Å². The number of amidine groups is 1. The van der Waals surface area contributed by atoms with Crippen molar-refractivity contribution in [3.8, 4) is 11.5 Å². The number of benzene rings is 2. The number of aliphatic carboxylic acids is 1. The SMILES string of the molecule is CCCCCCOc1cc(OCC)cc(C(Nc2ccc(C(=N)N)cc2)C(=O)O)c1. The summed E-state index contributed by atoms with van der Waals surface area (Å²) < 4.78 is 11.5. The summed E-state index contributed by atoms with van der Waals surface area (Å²) in [7, 11) is 0. The van der Waals surface area contributed by atoms with Crippen molar-refractivity contribution in [1.29, 1.82) is 5.41 Å². The van der Waals surface area contributed by atoms with E-state index in [1.165, 1.54) is 6.42 Å². The molecule has 1 atom stereocenters. The summed E-state index contributed by atoms with van der Waals surface area (Å²) in [6, 6.07) is 11.0. The molecule has 0 aromatic heterocycles. The van der Waals surface area contributed by atoms with Crippen molar-refractivity contribution in [2.75, 3.05) is 18.5 Å². The third-order valence-electron chi connectivity index (χ3n) is 4.57. The van der Waals surface area contributed by atoms with Crippen LogP contribution in [0.3, 0.4) is 0 Å². The molecule has 0 fully saturated rings. The summed E-state index contributed by atoms with van der Waals surface area (Å²) in [5.41, 5.74) is 7.19. The lowest BCUT2D eigenvalue weighted by atomic mass is 10.1. The van der Waals surface area contributed by atoms with Crippen LogP contribution in [0.1, 0.15) is 56.7 Å². The molecule has 0 aliphatic rings. The van der Waals surface area contributed by atoms with Gasteiger partial charge >= 0.3 is 5.97 Å². The fourth-order valence-corrected chi connectivity index (χ4v) is 3.01. The Morgan fingerprint density at radius 1 is 1.07 bits per heavy atom. The maximum Gasteiger partial charge on any atom is 0.330 e. The third-order valence-corrected chi connectivity index (χ3v) is 4.57. The van der Waals surface area contributed by atoms with E-state index in [4.69, 9.17) is 20.6 Å². The Hall–Kier alpha value is -3.22. The van der Waals surface area contributed by atoms with Gasteiger partial charge in [0.05, 0.1) is 13.2 Å². The molecule has 0 amide bonds. The zero-order chi connectivity index (χ0) is 21.9. The second kappa shape index (κ2) is 11.7. The maximum absolute atomic E-state index is 12.0. The second-order valence-electron chi connectivity index (χ2n) is 6.99. The summed E-state index contributed by atoms with van der Waals surface area (Å²) in [6.07, 6.45) is 4.37. The van der Waals surface area contributed by atoms with Crippen LogP contribution < -0.4 is 20.5 Å². The van der Waals surface area contributed by atoms with Gasteiger partial charge in [0.15, 0.2) is 6.04 Å². The number of nitrogens with two attached hydrogens (primary N) is 1. The smallest absolute Gasteiger partial charge is 0.330 e. The molecule has 2 aromatic carbocycles. The number of hydrogen-bond acceptors (Lipinski definition) is 5. The number of nitrogens with one attached hydrogen (secondary N) is 2. The van der Waals surface area contributed by atoms with E-state index < -0.39 is 12.0 Å². The largest absolute Gasteiger partial charge is 0.494 e. The Morgan fingerprint density at radius 2 is 1.73 bits per heavy atom. The molecule has 0 saturated carbocycles. The number of unbranched alkanes of at least 4 members (excludes halogenated alkanes) is 3. The molecule has 2 rings (SSSR count). The van der Waals surface area contributed by atoms with Crippen LogP contribution in [0.5, 0.6) is 11.5 Å². The van der Waals surface area contributed by atoms with E-state index >= 15 is 0 Å². The van der Waals surface area contributed by atoms with Gasteiger partial charge in [-0.3, -0.25) is 5.41 Å². The van der Waals surface area contributed by atoms with Gasteiger partial charge in [0.1, 0.15) is 17.3 Å². The molecular formula is C23H31N3O4. The highest BCUT2D eigenvalue weighted by atomic mass is 16.5. The second-order valence-corrected chi connectivity index (χ2v) is 6.99. The number of ether oxygens (including phenoxy) is 2. The first-order chi connectivity index (χ1) is 14.4. The maximum atomic E-state index is 12.0. The highest BCUT2D eigenvalue weighted by Crippen LogP contribution is 2.29. The van der Waals surface area contributed by atoms with Crippen LogP contribution in [-0.4, -0.2) is 30.1 Å². The van der Waals surface area contributed by atoms with Crippen LogP contribution >= 0.6 is 0 Å². The van der Waals surface area contributed by atoms with Crippen LogP contribution in [-0.2, 0) is 4.79 Å². The fourth-order valence-electron chi connectivity index (χ4n) is 3.01. The molecule has 162 valence electrons. The predicted octanol–water partition coefficient (Wildman–Crippen LogP) is 4.57. The van der Waals surface area contributed by atoms with E-state index in [-0.39, 0.29) is 5.84 Å². The molecule has 2 aromatic rings. The van der Waals surface area contributed by atoms with E-state index in [1.807, 2.05) is 6.92 Å². The molecule has 0 aliphatic carbocycles. The number of anilines is 1. The number of hydrogen-bond donors (Lipinski definition) is 4. The summed E-state index contributed by atoms with van der Waals surface area (Å²) in [5.74, 6) is 0.0978. The molecule has 7 nitrogen and oxygen atoms in total. The van der Waals surface area contributed by atoms with Gasteiger partial charge in [-0.2, -0.15) is 0 Å². The van der Waals surface area contributed by atoms with Crippen LogP contribution in [0.4, 0.5) is 5.69 Å². The van der Waals surface area contributed by atoms with Gasteiger partial charge in [-0.25, -0.2) is 4.79 Å². The van der Waals surface area contributed by atoms with E-state index in [0.717, 1.165) is 19.3 Å². The highest BCUT2D eigenvalue weighted by molar-refractivity contribution is 5.95. The Balaban J connectivity index is 2.21. The predicted molar refractivity (Wildman–Crippen MR) is 119 cm³/mol. The summed E-state index contributed by atoms with van der Waals surface area (Å²) >= 11 is 0. The van der Waals surface area contributed by atoms with Crippen molar-refractivity contribution in [2.45, 2.75) is 45.6 Å². The quantitative estimate of drug-likeness (QED) is 0.217. The highest BCUT2D eigenvalue weighted by Gasteiger charge is 2.21. The molecule has 0 spiro atoms. The van der Waals surface area contributed by atoms with Crippen LogP contribution in [0.15, 0.2) is 42.5 Å². The number of carboxylic acids is 1. The number of carboxylic acid groups (broad SMARTS) is 1. The normalized spacial score (nSPS) is 11.5. The van der Waals surface area contributed by atoms with E-state index in [1.54, 1.807) is 42.5 Å². The molecule has 1 unspecified atom stereocenters. The minimum Gasteiger partial charge on any atom is -0.494 e. The molecule has 5 N–H and O–H groups in total. The van der Waals surface area contributed by atoms with Crippen LogP contribution in [0.2, 0.25) is 0 Å². The Labute approximate surface area is 177 Å². The lowest BCUT2D eigenvalue weighted by Gasteiger charge is -2.19. The molecule has 30 heavy (non-hydrogen) atoms. The third kappa shape index (κ3) is 6.99. The molecule has 0 radical (unpaired) electrons. The minimum absolute atomic E-state index is 0.0403. The summed E-state index contributed by atoms with van der Waals surface area (Å²) in [5, 5.41) is 20.3.